The molecule has 0 fully saturated rings. The summed E-state index contributed by atoms with van der Waals surface area (Å²) >= 11 is 0. The van der Waals surface area contributed by atoms with Gasteiger partial charge in [0.15, 0.2) is 0 Å². The van der Waals surface area contributed by atoms with E-state index in [0.717, 1.165) is 0 Å². The quantitative estimate of drug-likeness (QED) is 0.546. The van der Waals surface area contributed by atoms with Crippen molar-refractivity contribution in [1.82, 2.24) is 0 Å². The van der Waals surface area contributed by atoms with Crippen LogP contribution >= 0.6 is 9.24 Å². The molecule has 4 nitrogen and oxygen atoms in total. The second-order valence-electron chi connectivity index (χ2n) is 1.54. The maximum absolute atomic E-state index is 9.95. The minimum absolute atomic E-state index is 0.347. The van der Waals surface area contributed by atoms with Crippen LogP contribution in [0.5, 0.6) is 0 Å². The normalized spacial score (nSPS) is 12.6. The van der Waals surface area contributed by atoms with E-state index in [1.165, 1.54) is 0 Å². The monoisotopic (exact) mass is 150 g/mol. The number of aliphatic carboxylic acids is 2. The van der Waals surface area contributed by atoms with E-state index in [1.54, 1.807) is 0 Å². The average Bonchev–Trinajstić information content (AvgIpc) is 1.63. The molecule has 0 bridgehead atoms. The first-order valence-electron chi connectivity index (χ1n) is 2.24. The predicted molar refractivity (Wildman–Crippen MR) is 33.4 cm³/mol. The Morgan fingerprint density at radius 2 is 1.89 bits per heavy atom. The highest BCUT2D eigenvalue weighted by Crippen LogP contribution is 2.04. The summed E-state index contributed by atoms with van der Waals surface area (Å²) in [6.45, 7) is 0. The summed E-state index contributed by atoms with van der Waals surface area (Å²) in [6.07, 6.45) is -0.347. The molecule has 0 aromatic rings. The van der Waals surface area contributed by atoms with Crippen molar-refractivity contribution in [2.45, 2.75) is 12.1 Å². The van der Waals surface area contributed by atoms with Crippen LogP contribution in [0.2, 0.25) is 0 Å². The smallest absolute Gasteiger partial charge is 0.310 e. The van der Waals surface area contributed by atoms with E-state index in [2.05, 4.69) is 0 Å². The van der Waals surface area contributed by atoms with E-state index in [4.69, 9.17) is 10.2 Å². The molecule has 2 unspecified atom stereocenters. The Hall–Kier alpha value is -0.630. The third kappa shape index (κ3) is 3.91. The lowest BCUT2D eigenvalue weighted by molar-refractivity contribution is -0.143. The van der Waals surface area contributed by atoms with E-state index < -0.39 is 17.6 Å². The van der Waals surface area contributed by atoms with E-state index in [-0.39, 0.29) is 6.42 Å². The topological polar surface area (TPSA) is 74.6 Å². The lowest BCUT2D eigenvalue weighted by atomic mass is 10.3. The molecule has 0 spiro atoms. The second kappa shape index (κ2) is 3.41. The highest BCUT2D eigenvalue weighted by Gasteiger charge is 2.14. The molecule has 0 saturated carbocycles. The van der Waals surface area contributed by atoms with E-state index in [9.17, 15) is 9.59 Å². The van der Waals surface area contributed by atoms with Crippen molar-refractivity contribution >= 4 is 21.2 Å². The minimum Gasteiger partial charge on any atom is -0.481 e. The van der Waals surface area contributed by atoms with Gasteiger partial charge in [-0.1, -0.05) is 0 Å². The van der Waals surface area contributed by atoms with Gasteiger partial charge < -0.3 is 10.2 Å². The second-order valence-corrected chi connectivity index (χ2v) is 2.35. The average molecular weight is 150 g/mol. The molecule has 5 heteroatoms. The van der Waals surface area contributed by atoms with Crippen molar-refractivity contribution in [3.8, 4) is 0 Å². The fourth-order valence-electron chi connectivity index (χ4n) is 0.275. The zero-order valence-electron chi connectivity index (χ0n) is 4.57. The third-order valence-electron chi connectivity index (χ3n) is 0.712. The molecule has 0 amide bonds. The lowest BCUT2D eigenvalue weighted by Crippen LogP contribution is -2.16. The van der Waals surface area contributed by atoms with Gasteiger partial charge in [-0.05, 0) is 0 Å². The summed E-state index contributed by atoms with van der Waals surface area (Å²) in [5, 5.41) is 16.2. The number of hydrogen-bond donors (Lipinski definition) is 2. The molecule has 0 aliphatic rings. The predicted octanol–water partition coefficient (Wildman–Crippen LogP) is -0.211. The van der Waals surface area contributed by atoms with Crippen LogP contribution in [0.4, 0.5) is 0 Å². The lowest BCUT2D eigenvalue weighted by Gasteiger charge is -1.98. The van der Waals surface area contributed by atoms with Crippen molar-refractivity contribution in [1.29, 1.82) is 0 Å². The Balaban J connectivity index is 3.63. The first kappa shape index (κ1) is 8.37. The number of carboxylic acids is 2. The maximum atomic E-state index is 9.95. The van der Waals surface area contributed by atoms with Gasteiger partial charge in [0.2, 0.25) is 0 Å². The molecule has 0 rings (SSSR count). The molecule has 0 saturated heterocycles. The van der Waals surface area contributed by atoms with Gasteiger partial charge in [0, 0.05) is 0 Å². The van der Waals surface area contributed by atoms with Gasteiger partial charge >= 0.3 is 11.9 Å². The Kier molecular flexibility index (Phi) is 3.17. The Morgan fingerprint density at radius 3 is 2.00 bits per heavy atom. The van der Waals surface area contributed by atoms with Crippen LogP contribution in [0.1, 0.15) is 6.42 Å². The molecule has 2 atom stereocenters. The molecule has 0 radical (unpaired) electrons. The van der Waals surface area contributed by atoms with Crippen molar-refractivity contribution in [3.63, 3.8) is 0 Å². The van der Waals surface area contributed by atoms with Gasteiger partial charge in [0.25, 0.3) is 0 Å². The van der Waals surface area contributed by atoms with E-state index in [1.807, 2.05) is 9.24 Å². The fraction of sp³-hybridized carbons (Fsp3) is 0.500. The first-order valence-corrected chi connectivity index (χ1v) is 2.91. The third-order valence-corrected chi connectivity index (χ3v) is 1.23. The number of rotatable bonds is 3. The molecular formula is C4H7O4P. The number of carbonyl (C=O) groups is 2. The van der Waals surface area contributed by atoms with Crippen molar-refractivity contribution in [3.05, 3.63) is 0 Å². The van der Waals surface area contributed by atoms with Gasteiger partial charge in [-0.2, -0.15) is 0 Å². The molecule has 2 N–H and O–H groups in total. The number of hydrogen-bond acceptors (Lipinski definition) is 2. The van der Waals surface area contributed by atoms with Crippen molar-refractivity contribution in [2.75, 3.05) is 0 Å². The van der Waals surface area contributed by atoms with Crippen LogP contribution in [0.3, 0.4) is 0 Å². The zero-order chi connectivity index (χ0) is 7.44. The fourth-order valence-corrected chi connectivity index (χ4v) is 0.477. The highest BCUT2D eigenvalue weighted by atomic mass is 31.0. The Labute approximate surface area is 54.1 Å². The first-order chi connectivity index (χ1) is 4.04. The largest absolute Gasteiger partial charge is 0.481 e. The standard InChI is InChI=1S/C4H7O4P/c5-3(6)1-2(9)4(7)8/h2H,1,9H2,(H,5,6)(H,7,8). The van der Waals surface area contributed by atoms with Gasteiger partial charge in [-0.15, -0.1) is 9.24 Å². The molecule has 0 heterocycles. The summed E-state index contributed by atoms with van der Waals surface area (Å²) in [4.78, 5) is 19.8. The van der Waals surface area contributed by atoms with Gasteiger partial charge in [-0.3, -0.25) is 9.59 Å². The maximum Gasteiger partial charge on any atom is 0.310 e. The van der Waals surface area contributed by atoms with Crippen LogP contribution in [-0.4, -0.2) is 27.8 Å². The minimum atomic E-state index is -1.11. The van der Waals surface area contributed by atoms with Crippen molar-refractivity contribution < 1.29 is 19.8 Å². The summed E-state index contributed by atoms with van der Waals surface area (Å²) in [7, 11) is 1.94. The number of carboxylic acid groups (broad SMARTS) is 2. The summed E-state index contributed by atoms with van der Waals surface area (Å²) in [5.41, 5.74) is -0.873. The molecule has 0 aromatic carbocycles. The van der Waals surface area contributed by atoms with Gasteiger partial charge in [0.05, 0.1) is 12.1 Å². The Morgan fingerprint density at radius 1 is 1.44 bits per heavy atom. The van der Waals surface area contributed by atoms with Crippen LogP contribution in [0, 0.1) is 0 Å². The van der Waals surface area contributed by atoms with Gasteiger partial charge in [0.1, 0.15) is 0 Å². The molecule has 9 heavy (non-hydrogen) atoms. The van der Waals surface area contributed by atoms with Gasteiger partial charge in [-0.25, -0.2) is 0 Å². The van der Waals surface area contributed by atoms with E-state index >= 15 is 0 Å². The zero-order valence-corrected chi connectivity index (χ0v) is 5.73. The molecule has 0 aromatic heterocycles. The molecule has 0 aliphatic heterocycles. The van der Waals surface area contributed by atoms with Crippen LogP contribution in [-0.2, 0) is 9.59 Å². The highest BCUT2D eigenvalue weighted by molar-refractivity contribution is 7.19. The molecule has 0 aliphatic carbocycles. The van der Waals surface area contributed by atoms with Crippen LogP contribution in [0.25, 0.3) is 0 Å². The Bertz CT molecular complexity index is 133. The van der Waals surface area contributed by atoms with Crippen LogP contribution < -0.4 is 0 Å². The van der Waals surface area contributed by atoms with Crippen molar-refractivity contribution in [2.24, 2.45) is 0 Å². The van der Waals surface area contributed by atoms with Crippen LogP contribution in [0.15, 0.2) is 0 Å². The summed E-state index contributed by atoms with van der Waals surface area (Å²) < 4.78 is 0. The van der Waals surface area contributed by atoms with E-state index in [0.29, 0.717) is 0 Å². The molecular weight excluding hydrogens is 143 g/mol. The molecule has 52 valence electrons. The SMILES string of the molecule is O=C(O)CC(P)C(=O)O. The summed E-state index contributed by atoms with van der Waals surface area (Å²) in [6, 6.07) is 0. The summed E-state index contributed by atoms with van der Waals surface area (Å²) in [5.74, 6) is -2.21.